The van der Waals surface area contributed by atoms with Gasteiger partial charge in [-0.15, -0.1) is 0 Å². The van der Waals surface area contributed by atoms with Crippen LogP contribution >= 0.6 is 11.6 Å². The molecule has 0 saturated carbocycles. The van der Waals surface area contributed by atoms with E-state index < -0.39 is 17.6 Å². The van der Waals surface area contributed by atoms with Crippen molar-refractivity contribution < 1.29 is 23.5 Å². The molecular formula is C24H16ClFO4. The molecule has 4 rings (SSSR count). The van der Waals surface area contributed by atoms with E-state index >= 15 is 0 Å². The summed E-state index contributed by atoms with van der Waals surface area (Å²) in [6, 6.07) is 14.3. The monoisotopic (exact) mass is 422 g/mol. The molecule has 1 aliphatic heterocycles. The van der Waals surface area contributed by atoms with Crippen molar-refractivity contribution in [2.24, 2.45) is 0 Å². The average Bonchev–Trinajstić information content (AvgIpc) is 3.01. The number of carbonyl (C=O) groups is 2. The number of fused-ring (bicyclic) bond motifs is 1. The smallest absolute Gasteiger partial charge is 0.343 e. The van der Waals surface area contributed by atoms with Gasteiger partial charge >= 0.3 is 5.97 Å². The number of halogens is 2. The highest BCUT2D eigenvalue weighted by Gasteiger charge is 2.31. The van der Waals surface area contributed by atoms with Crippen LogP contribution < -0.4 is 9.47 Å². The number of benzene rings is 3. The van der Waals surface area contributed by atoms with Gasteiger partial charge in [0.25, 0.3) is 0 Å². The lowest BCUT2D eigenvalue weighted by molar-refractivity contribution is 0.0734. The first-order valence-corrected chi connectivity index (χ1v) is 9.53. The molecule has 0 N–H and O–H groups in total. The fourth-order valence-electron chi connectivity index (χ4n) is 3.17. The molecule has 0 fully saturated rings. The highest BCUT2D eigenvalue weighted by molar-refractivity contribution is 6.32. The van der Waals surface area contributed by atoms with Gasteiger partial charge in [0.05, 0.1) is 16.1 Å². The maximum atomic E-state index is 14.1. The summed E-state index contributed by atoms with van der Waals surface area (Å²) in [5, 5.41) is 0.166. The van der Waals surface area contributed by atoms with E-state index in [9.17, 15) is 14.0 Å². The second-order valence-electron chi connectivity index (χ2n) is 6.94. The molecule has 0 atom stereocenters. The van der Waals surface area contributed by atoms with E-state index in [4.69, 9.17) is 21.1 Å². The van der Waals surface area contributed by atoms with Crippen LogP contribution in [0.3, 0.4) is 0 Å². The van der Waals surface area contributed by atoms with E-state index in [-0.39, 0.29) is 27.8 Å². The van der Waals surface area contributed by atoms with Gasteiger partial charge in [-0.25, -0.2) is 9.18 Å². The second kappa shape index (κ2) is 7.76. The summed E-state index contributed by atoms with van der Waals surface area (Å²) in [6.07, 6.45) is 1.28. The molecule has 0 radical (unpaired) electrons. The molecule has 0 spiro atoms. The zero-order chi connectivity index (χ0) is 21.4. The first kappa shape index (κ1) is 19.9. The highest BCUT2D eigenvalue weighted by Crippen LogP contribution is 2.38. The van der Waals surface area contributed by atoms with Crippen LogP contribution in [-0.4, -0.2) is 11.8 Å². The van der Waals surface area contributed by atoms with Crippen LogP contribution in [0, 0.1) is 19.7 Å². The van der Waals surface area contributed by atoms with Crippen molar-refractivity contribution in [2.45, 2.75) is 13.8 Å². The number of carbonyl (C=O) groups excluding carboxylic acids is 2. The predicted molar refractivity (Wildman–Crippen MR) is 112 cm³/mol. The summed E-state index contributed by atoms with van der Waals surface area (Å²) in [5.41, 5.74) is 2.42. The molecule has 1 aliphatic rings. The Morgan fingerprint density at radius 1 is 1.10 bits per heavy atom. The Labute approximate surface area is 177 Å². The molecule has 0 aromatic heterocycles. The van der Waals surface area contributed by atoms with Gasteiger partial charge in [0.1, 0.15) is 17.3 Å². The number of aryl methyl sites for hydroxylation is 2. The Kier molecular flexibility index (Phi) is 5.14. The van der Waals surface area contributed by atoms with Gasteiger partial charge in [0, 0.05) is 11.6 Å². The lowest BCUT2D eigenvalue weighted by Crippen LogP contribution is -2.08. The molecule has 3 aromatic rings. The lowest BCUT2D eigenvalue weighted by Gasteiger charge is -2.08. The van der Waals surface area contributed by atoms with Crippen molar-refractivity contribution in [3.05, 3.63) is 99.0 Å². The van der Waals surface area contributed by atoms with E-state index in [2.05, 4.69) is 0 Å². The quantitative estimate of drug-likeness (QED) is 0.298. The third-order valence-electron chi connectivity index (χ3n) is 4.72. The van der Waals surface area contributed by atoms with Gasteiger partial charge < -0.3 is 9.47 Å². The van der Waals surface area contributed by atoms with Crippen LogP contribution in [-0.2, 0) is 0 Å². The van der Waals surface area contributed by atoms with Gasteiger partial charge in [-0.2, -0.15) is 0 Å². The fraction of sp³-hybridized carbons (Fsp3) is 0.0833. The minimum absolute atomic E-state index is 0.0536. The number of allylic oxidation sites excluding steroid dienone is 1. The maximum Gasteiger partial charge on any atom is 0.343 e. The van der Waals surface area contributed by atoms with Crippen LogP contribution in [0.1, 0.15) is 37.4 Å². The first-order chi connectivity index (χ1) is 14.3. The molecule has 0 unspecified atom stereocenters. The Bertz CT molecular complexity index is 1190. The summed E-state index contributed by atoms with van der Waals surface area (Å²) in [5.74, 6) is -1.04. The van der Waals surface area contributed by atoms with Gasteiger partial charge in [-0.3, -0.25) is 4.79 Å². The zero-order valence-electron chi connectivity index (χ0n) is 16.2. The summed E-state index contributed by atoms with van der Waals surface area (Å²) in [4.78, 5) is 25.1. The standard InChI is InChI=1S/C24H16ClFO4/c1-13-6-8-15(9-7-13)24(28)29-16-10-14(2)22-20(11-16)30-21(23(22)27)12-17-18(25)4-3-5-19(17)26/h3-12H,1-2H3/b21-12-. The average molecular weight is 423 g/mol. The van der Waals surface area contributed by atoms with Crippen molar-refractivity contribution in [3.63, 3.8) is 0 Å². The van der Waals surface area contributed by atoms with E-state index in [1.54, 1.807) is 25.1 Å². The highest BCUT2D eigenvalue weighted by atomic mass is 35.5. The molecule has 0 bridgehead atoms. The van der Waals surface area contributed by atoms with Crippen molar-refractivity contribution in [2.75, 3.05) is 0 Å². The number of hydrogen-bond donors (Lipinski definition) is 0. The van der Waals surface area contributed by atoms with E-state index in [0.29, 0.717) is 16.7 Å². The molecule has 1 heterocycles. The Morgan fingerprint density at radius 3 is 2.53 bits per heavy atom. The molecule has 6 heteroatoms. The molecule has 0 aliphatic carbocycles. The molecule has 30 heavy (non-hydrogen) atoms. The summed E-state index contributed by atoms with van der Waals surface area (Å²) >= 11 is 6.04. The maximum absolute atomic E-state index is 14.1. The van der Waals surface area contributed by atoms with Crippen LogP contribution in [0.2, 0.25) is 5.02 Å². The number of esters is 1. The van der Waals surface area contributed by atoms with Gasteiger partial charge in [-0.1, -0.05) is 35.4 Å². The SMILES string of the molecule is Cc1ccc(C(=O)Oc2cc(C)c3c(c2)O/C(=C\c2c(F)cccc2Cl)C3=O)cc1. The first-order valence-electron chi connectivity index (χ1n) is 9.15. The Balaban J connectivity index is 1.63. The topological polar surface area (TPSA) is 52.6 Å². The van der Waals surface area contributed by atoms with Crippen LogP contribution in [0.5, 0.6) is 11.5 Å². The van der Waals surface area contributed by atoms with E-state index in [1.807, 2.05) is 19.1 Å². The van der Waals surface area contributed by atoms with E-state index in [1.165, 1.54) is 30.3 Å². The van der Waals surface area contributed by atoms with Crippen molar-refractivity contribution in [1.29, 1.82) is 0 Å². The van der Waals surface area contributed by atoms with Crippen LogP contribution in [0.15, 0.2) is 60.4 Å². The van der Waals surface area contributed by atoms with Gasteiger partial charge in [-0.05, 0) is 55.8 Å². The van der Waals surface area contributed by atoms with Gasteiger partial charge in [0.15, 0.2) is 5.76 Å². The second-order valence-corrected chi connectivity index (χ2v) is 7.35. The minimum Gasteiger partial charge on any atom is -0.452 e. The number of rotatable bonds is 3. The zero-order valence-corrected chi connectivity index (χ0v) is 16.9. The van der Waals surface area contributed by atoms with Gasteiger partial charge in [0.2, 0.25) is 5.78 Å². The summed E-state index contributed by atoms with van der Waals surface area (Å²) < 4.78 is 25.2. The molecule has 3 aromatic carbocycles. The number of Topliss-reactive ketones (excluding diaryl/α,β-unsaturated/α-hetero) is 1. The molecule has 0 saturated heterocycles. The summed E-state index contributed by atoms with van der Waals surface area (Å²) in [7, 11) is 0. The largest absolute Gasteiger partial charge is 0.452 e. The van der Waals surface area contributed by atoms with Crippen LogP contribution in [0.25, 0.3) is 6.08 Å². The van der Waals surface area contributed by atoms with Crippen molar-refractivity contribution in [3.8, 4) is 11.5 Å². The molecular weight excluding hydrogens is 407 g/mol. The lowest BCUT2D eigenvalue weighted by atomic mass is 10.0. The molecule has 4 nitrogen and oxygen atoms in total. The van der Waals surface area contributed by atoms with Crippen molar-refractivity contribution in [1.82, 2.24) is 0 Å². The van der Waals surface area contributed by atoms with Crippen LogP contribution in [0.4, 0.5) is 4.39 Å². The minimum atomic E-state index is -0.563. The summed E-state index contributed by atoms with van der Waals surface area (Å²) in [6.45, 7) is 3.63. The fourth-order valence-corrected chi connectivity index (χ4v) is 3.39. The molecule has 150 valence electrons. The third kappa shape index (κ3) is 3.72. The third-order valence-corrected chi connectivity index (χ3v) is 5.05. The van der Waals surface area contributed by atoms with E-state index in [0.717, 1.165) is 5.56 Å². The number of ketones is 1. The number of ether oxygens (including phenoxy) is 2. The molecule has 0 amide bonds. The normalized spacial score (nSPS) is 13.9. The predicted octanol–water partition coefficient (Wildman–Crippen LogP) is 5.93. The Morgan fingerprint density at radius 2 is 1.83 bits per heavy atom. The number of hydrogen-bond acceptors (Lipinski definition) is 4. The Hall–Kier alpha value is -3.44. The van der Waals surface area contributed by atoms with Crippen molar-refractivity contribution >= 4 is 29.4 Å².